The van der Waals surface area contributed by atoms with Crippen LogP contribution in [0.1, 0.15) is 153 Å². The number of piperidine rings is 1. The molecule has 2 heterocycles. The highest BCUT2D eigenvalue weighted by atomic mass is 32.1. The highest BCUT2D eigenvalue weighted by Crippen LogP contribution is 2.32. The highest BCUT2D eigenvalue weighted by Gasteiger charge is 2.39. The summed E-state index contributed by atoms with van der Waals surface area (Å²) < 4.78 is 11.8. The standard InChI is InChI=1S/C47H72N6O9S/c1-10-31(6)42(50-44(56)40-24-30(5)22-23-51(40)9)46(57)52(11-2)39(29(3)4)27-41(61-33(8)54)45-49-38(28-63-45)43(55)48-35(26-34-18-20-36(21-19-34)53(59)60)25-32(7)47(58)62-37-16-14-12-13-15-17-37/h18-21,28-32,35,37,39-42H,10-17,22-27H2,1-9H3,(H,48,55)(H,50,56)/t30-,31+,32+,35?,39-,40-,41-,42+/m1/s1. The van der Waals surface area contributed by atoms with E-state index in [-0.39, 0.29) is 66.0 Å². The summed E-state index contributed by atoms with van der Waals surface area (Å²) in [7, 11) is 1.95. The number of hydrogen-bond donors (Lipinski definition) is 2. The number of nitro benzene ring substituents is 1. The number of amides is 3. The number of benzene rings is 1. The average molecular weight is 897 g/mol. The summed E-state index contributed by atoms with van der Waals surface area (Å²) in [5.74, 6) is -2.06. The van der Waals surface area contributed by atoms with Crippen LogP contribution in [0.5, 0.6) is 0 Å². The van der Waals surface area contributed by atoms with E-state index in [0.717, 1.165) is 63.5 Å². The number of nitrogens with zero attached hydrogens (tertiary/aromatic N) is 4. The Bertz CT molecular complexity index is 1830. The van der Waals surface area contributed by atoms with Gasteiger partial charge in [0.1, 0.15) is 22.8 Å². The molecule has 1 unspecified atom stereocenters. The number of thiazole rings is 1. The molecule has 2 aromatic rings. The number of nitrogens with one attached hydrogen (secondary N) is 2. The maximum absolute atomic E-state index is 14.6. The highest BCUT2D eigenvalue weighted by molar-refractivity contribution is 7.09. The summed E-state index contributed by atoms with van der Waals surface area (Å²) in [6.07, 6.45) is 8.12. The molecule has 1 aliphatic carbocycles. The Morgan fingerprint density at radius 1 is 0.984 bits per heavy atom. The number of rotatable bonds is 21. The summed E-state index contributed by atoms with van der Waals surface area (Å²) in [6.45, 7) is 16.3. The Kier molecular flexibility index (Phi) is 20.0. The van der Waals surface area contributed by atoms with Crippen molar-refractivity contribution in [1.29, 1.82) is 0 Å². The third-order valence-electron chi connectivity index (χ3n) is 12.9. The van der Waals surface area contributed by atoms with Gasteiger partial charge in [0.05, 0.1) is 16.9 Å². The number of hydrogen-bond acceptors (Lipinski definition) is 12. The quantitative estimate of drug-likeness (QED) is 0.0538. The van der Waals surface area contributed by atoms with Crippen LogP contribution in [0.2, 0.25) is 0 Å². The van der Waals surface area contributed by atoms with E-state index in [1.807, 2.05) is 41.7 Å². The van der Waals surface area contributed by atoms with E-state index in [0.29, 0.717) is 30.3 Å². The molecule has 2 aliphatic rings. The number of non-ortho nitro benzene ring substituents is 1. The van der Waals surface area contributed by atoms with Crippen molar-refractivity contribution in [1.82, 2.24) is 25.4 Å². The molecule has 1 saturated heterocycles. The second-order valence-electron chi connectivity index (χ2n) is 18.3. The molecule has 3 amide bonds. The number of carbonyl (C=O) groups excluding carboxylic acids is 5. The molecule has 2 fully saturated rings. The molecule has 2 N–H and O–H groups in total. The number of aromatic nitrogens is 1. The van der Waals surface area contributed by atoms with Crippen molar-refractivity contribution in [3.63, 3.8) is 0 Å². The molecule has 1 aliphatic heterocycles. The van der Waals surface area contributed by atoms with Crippen molar-refractivity contribution in [2.24, 2.45) is 23.7 Å². The molecule has 16 heteroatoms. The van der Waals surface area contributed by atoms with Gasteiger partial charge in [-0.25, -0.2) is 4.98 Å². The zero-order valence-electron chi connectivity index (χ0n) is 38.9. The van der Waals surface area contributed by atoms with Crippen molar-refractivity contribution in [2.75, 3.05) is 20.1 Å². The first-order valence-corrected chi connectivity index (χ1v) is 24.0. The third-order valence-corrected chi connectivity index (χ3v) is 13.8. The van der Waals surface area contributed by atoms with Crippen molar-refractivity contribution < 1.29 is 38.4 Å². The number of likely N-dealkylation sites (tertiary alicyclic amines) is 1. The van der Waals surface area contributed by atoms with Gasteiger partial charge in [-0.3, -0.25) is 39.0 Å². The van der Waals surface area contributed by atoms with Gasteiger partial charge >= 0.3 is 11.9 Å². The van der Waals surface area contributed by atoms with Crippen molar-refractivity contribution in [2.45, 2.75) is 169 Å². The van der Waals surface area contributed by atoms with Gasteiger partial charge in [-0.1, -0.05) is 72.9 Å². The van der Waals surface area contributed by atoms with Gasteiger partial charge in [0.2, 0.25) is 11.8 Å². The minimum absolute atomic E-state index is 0.0531. The largest absolute Gasteiger partial charge is 0.462 e. The number of nitro groups is 1. The molecule has 0 radical (unpaired) electrons. The van der Waals surface area contributed by atoms with Gasteiger partial charge in [0, 0.05) is 49.5 Å². The lowest BCUT2D eigenvalue weighted by Crippen LogP contribution is -2.59. The fourth-order valence-corrected chi connectivity index (χ4v) is 9.64. The number of ether oxygens (including phenoxy) is 2. The summed E-state index contributed by atoms with van der Waals surface area (Å²) in [5.41, 5.74) is 0.785. The lowest BCUT2D eigenvalue weighted by atomic mass is 9.90. The first-order chi connectivity index (χ1) is 29.9. The van der Waals surface area contributed by atoms with Crippen LogP contribution in [0.3, 0.4) is 0 Å². The molecular weight excluding hydrogens is 825 g/mol. The molecule has 63 heavy (non-hydrogen) atoms. The molecule has 8 atom stereocenters. The fourth-order valence-electron chi connectivity index (χ4n) is 8.80. The van der Waals surface area contributed by atoms with Gasteiger partial charge in [-0.05, 0) is 95.2 Å². The van der Waals surface area contributed by atoms with Gasteiger partial charge in [-0.2, -0.15) is 0 Å². The number of carbonyl (C=O) groups is 5. The molecule has 4 rings (SSSR count). The summed E-state index contributed by atoms with van der Waals surface area (Å²) >= 11 is 1.17. The van der Waals surface area contributed by atoms with Crippen LogP contribution in [0.4, 0.5) is 5.69 Å². The van der Waals surface area contributed by atoms with Crippen LogP contribution in [-0.2, 0) is 35.1 Å². The zero-order valence-corrected chi connectivity index (χ0v) is 39.7. The van der Waals surface area contributed by atoms with E-state index in [2.05, 4.69) is 27.4 Å². The predicted octanol–water partition coefficient (Wildman–Crippen LogP) is 7.81. The van der Waals surface area contributed by atoms with Crippen molar-refractivity contribution >= 4 is 46.7 Å². The van der Waals surface area contributed by atoms with Crippen molar-refractivity contribution in [3.8, 4) is 0 Å². The van der Waals surface area contributed by atoms with Crippen molar-refractivity contribution in [3.05, 3.63) is 56.0 Å². The second-order valence-corrected chi connectivity index (χ2v) is 19.2. The Morgan fingerprint density at radius 3 is 2.24 bits per heavy atom. The third kappa shape index (κ3) is 15.1. The van der Waals surface area contributed by atoms with Gasteiger partial charge < -0.3 is 25.0 Å². The molecule has 0 spiro atoms. The lowest BCUT2D eigenvalue weighted by Gasteiger charge is -2.40. The van der Waals surface area contributed by atoms with Crippen LogP contribution in [0.25, 0.3) is 0 Å². The summed E-state index contributed by atoms with van der Waals surface area (Å²) in [6, 6.07) is 4.06. The molecule has 0 bridgehead atoms. The summed E-state index contributed by atoms with van der Waals surface area (Å²) in [4.78, 5) is 87.6. The molecule has 15 nitrogen and oxygen atoms in total. The van der Waals surface area contributed by atoms with E-state index in [1.165, 1.54) is 30.4 Å². The normalized spacial score (nSPS) is 20.3. The van der Waals surface area contributed by atoms with Crippen LogP contribution in [-0.4, -0.2) is 99.8 Å². The van der Waals surface area contributed by atoms with Gasteiger partial charge in [0.25, 0.3) is 11.6 Å². The molecule has 1 saturated carbocycles. The summed E-state index contributed by atoms with van der Waals surface area (Å²) in [5, 5.41) is 19.5. The molecular formula is C47H72N6O9S. The average Bonchev–Trinajstić information content (AvgIpc) is 3.60. The van der Waals surface area contributed by atoms with E-state index in [4.69, 9.17) is 9.47 Å². The first kappa shape index (κ1) is 51.2. The SMILES string of the molecule is CC[C@H](C)[C@H](NC(=O)[C@H]1C[C@H](C)CCN1C)C(=O)N(CC)[C@H](C[C@@H](OC(C)=O)c1nc(C(=O)NC(Cc2ccc([N+](=O)[O-])cc2)C[C@H](C)C(=O)OC2CCCCCC2)cs1)C(C)C. The lowest BCUT2D eigenvalue weighted by molar-refractivity contribution is -0.384. The minimum atomic E-state index is -0.882. The van der Waals surface area contributed by atoms with E-state index < -0.39 is 46.9 Å². The van der Waals surface area contributed by atoms with Crippen LogP contribution in [0.15, 0.2) is 29.6 Å². The predicted molar refractivity (Wildman–Crippen MR) is 243 cm³/mol. The second kappa shape index (κ2) is 24.6. The molecule has 1 aromatic heterocycles. The first-order valence-electron chi connectivity index (χ1n) is 23.1. The maximum atomic E-state index is 14.6. The molecule has 350 valence electrons. The van der Waals surface area contributed by atoms with Gasteiger partial charge in [0.15, 0.2) is 6.10 Å². The zero-order chi connectivity index (χ0) is 46.4. The van der Waals surface area contributed by atoms with E-state index in [9.17, 15) is 34.1 Å². The Balaban J connectivity index is 1.54. The Hall–Kier alpha value is -4.44. The van der Waals surface area contributed by atoms with E-state index in [1.54, 1.807) is 29.3 Å². The minimum Gasteiger partial charge on any atom is -0.462 e. The molecule has 1 aromatic carbocycles. The topological polar surface area (TPSA) is 190 Å². The fraction of sp³-hybridized carbons (Fsp3) is 0.702. The Labute approximate surface area is 378 Å². The monoisotopic (exact) mass is 897 g/mol. The van der Waals surface area contributed by atoms with Crippen LogP contribution >= 0.6 is 11.3 Å². The van der Waals surface area contributed by atoms with Crippen LogP contribution in [0, 0.1) is 33.8 Å². The number of esters is 2. The number of likely N-dealkylation sites (N-methyl/N-ethyl adjacent to an activating group) is 2. The maximum Gasteiger partial charge on any atom is 0.308 e. The van der Waals surface area contributed by atoms with E-state index >= 15 is 0 Å². The van der Waals surface area contributed by atoms with Gasteiger partial charge in [-0.15, -0.1) is 11.3 Å². The van der Waals surface area contributed by atoms with Crippen LogP contribution < -0.4 is 10.6 Å². The smallest absolute Gasteiger partial charge is 0.308 e. The Morgan fingerprint density at radius 2 is 1.65 bits per heavy atom.